The van der Waals surface area contributed by atoms with E-state index < -0.39 is 12.2 Å². The molecule has 2 fully saturated rings. The van der Waals surface area contributed by atoms with Crippen molar-refractivity contribution in [2.24, 2.45) is 0 Å². The zero-order valence-corrected chi connectivity index (χ0v) is 15.6. The number of rotatable bonds is 3. The second-order valence-electron chi connectivity index (χ2n) is 7.61. The first-order valence-corrected chi connectivity index (χ1v) is 9.42. The smallest absolute Gasteiger partial charge is 0.374 e. The molecule has 3 aliphatic rings. The van der Waals surface area contributed by atoms with Crippen molar-refractivity contribution < 1.29 is 22.4 Å². The van der Waals surface area contributed by atoms with Gasteiger partial charge in [0, 0.05) is 26.1 Å². The fraction of sp³-hybridized carbons (Fsp3) is 0.647. The molecule has 9 nitrogen and oxygen atoms in total. The van der Waals surface area contributed by atoms with Crippen LogP contribution in [0.5, 0.6) is 0 Å². The van der Waals surface area contributed by atoms with Crippen molar-refractivity contribution in [1.29, 1.82) is 0 Å². The van der Waals surface area contributed by atoms with Gasteiger partial charge in [-0.2, -0.15) is 23.1 Å². The number of alkyl halides is 3. The van der Waals surface area contributed by atoms with E-state index in [-0.39, 0.29) is 54.9 Å². The standard InChI is InChI=1S/C17H19F3N6O3/c1-9-21-13(23-29-9)7-26-12(17(18,19)20)2-3-24-15(27)5-14(22-16(24)26)25-6-11-4-10(25)8-28-11/h5,10-12H,2-4,6-8H2,1H3/t10-,11-,12-/m0/s1. The van der Waals surface area contributed by atoms with Gasteiger partial charge >= 0.3 is 6.18 Å². The highest BCUT2D eigenvalue weighted by Gasteiger charge is 2.48. The Kier molecular flexibility index (Phi) is 4.09. The van der Waals surface area contributed by atoms with E-state index in [1.54, 1.807) is 6.92 Å². The van der Waals surface area contributed by atoms with Crippen molar-refractivity contribution in [1.82, 2.24) is 19.7 Å². The highest BCUT2D eigenvalue weighted by atomic mass is 19.4. The van der Waals surface area contributed by atoms with Crippen molar-refractivity contribution in [2.45, 2.75) is 57.2 Å². The van der Waals surface area contributed by atoms with E-state index in [2.05, 4.69) is 15.1 Å². The summed E-state index contributed by atoms with van der Waals surface area (Å²) in [4.78, 5) is 24.2. The number of aryl methyl sites for hydroxylation is 1. The van der Waals surface area contributed by atoms with E-state index in [0.29, 0.717) is 19.0 Å². The summed E-state index contributed by atoms with van der Waals surface area (Å²) in [6.45, 7) is 2.36. The van der Waals surface area contributed by atoms with Crippen molar-refractivity contribution in [3.63, 3.8) is 0 Å². The summed E-state index contributed by atoms with van der Waals surface area (Å²) in [5, 5.41) is 3.72. The maximum atomic E-state index is 13.8. The van der Waals surface area contributed by atoms with Gasteiger partial charge in [0.1, 0.15) is 11.9 Å². The molecular weight excluding hydrogens is 393 g/mol. The first-order chi connectivity index (χ1) is 13.8. The van der Waals surface area contributed by atoms with Gasteiger partial charge in [-0.1, -0.05) is 5.16 Å². The minimum absolute atomic E-state index is 0.0211. The van der Waals surface area contributed by atoms with Crippen LogP contribution in [0.25, 0.3) is 0 Å². The molecule has 2 aromatic rings. The molecule has 0 saturated carbocycles. The summed E-state index contributed by atoms with van der Waals surface area (Å²) in [6.07, 6.45) is -3.84. The Labute approximate surface area is 163 Å². The lowest BCUT2D eigenvalue weighted by atomic mass is 10.1. The van der Waals surface area contributed by atoms with Crippen LogP contribution in [-0.2, 0) is 17.8 Å². The van der Waals surface area contributed by atoms with Crippen molar-refractivity contribution in [3.8, 4) is 0 Å². The Morgan fingerprint density at radius 2 is 2.14 bits per heavy atom. The number of hydrogen-bond acceptors (Lipinski definition) is 8. The molecule has 0 radical (unpaired) electrons. The molecule has 5 rings (SSSR count). The van der Waals surface area contributed by atoms with E-state index in [1.807, 2.05) is 4.90 Å². The molecule has 3 atom stereocenters. The number of anilines is 2. The molecular formula is C17H19F3N6O3. The quantitative estimate of drug-likeness (QED) is 0.744. The van der Waals surface area contributed by atoms with Crippen LogP contribution in [0.3, 0.4) is 0 Å². The summed E-state index contributed by atoms with van der Waals surface area (Å²) in [6, 6.07) is -0.304. The van der Waals surface area contributed by atoms with Crippen LogP contribution in [0, 0.1) is 6.92 Å². The number of ether oxygens (including phenoxy) is 1. The summed E-state index contributed by atoms with van der Waals surface area (Å²) in [5.41, 5.74) is -0.372. The number of halogens is 3. The minimum Gasteiger partial charge on any atom is -0.374 e. The molecule has 0 unspecified atom stereocenters. The van der Waals surface area contributed by atoms with E-state index >= 15 is 0 Å². The topological polar surface area (TPSA) is 89.5 Å². The van der Waals surface area contributed by atoms with E-state index in [0.717, 1.165) is 11.3 Å². The van der Waals surface area contributed by atoms with Crippen LogP contribution in [-0.4, -0.2) is 57.2 Å². The number of hydrogen-bond donors (Lipinski definition) is 0. The number of aromatic nitrogens is 4. The van der Waals surface area contributed by atoms with Gasteiger partial charge in [-0.3, -0.25) is 9.36 Å². The van der Waals surface area contributed by atoms with Crippen LogP contribution >= 0.6 is 0 Å². The molecule has 2 bridgehead atoms. The van der Waals surface area contributed by atoms with Gasteiger partial charge in [-0.05, 0) is 12.8 Å². The summed E-state index contributed by atoms with van der Waals surface area (Å²) >= 11 is 0. The lowest BCUT2D eigenvalue weighted by Crippen LogP contribution is -2.52. The first-order valence-electron chi connectivity index (χ1n) is 9.42. The van der Waals surface area contributed by atoms with Crippen molar-refractivity contribution in [2.75, 3.05) is 23.0 Å². The zero-order chi connectivity index (χ0) is 20.3. The predicted octanol–water partition coefficient (Wildman–Crippen LogP) is 1.25. The summed E-state index contributed by atoms with van der Waals surface area (Å²) in [5.74, 6) is 0.729. The van der Waals surface area contributed by atoms with Crippen LogP contribution in [0.4, 0.5) is 24.9 Å². The summed E-state index contributed by atoms with van der Waals surface area (Å²) in [7, 11) is 0. The second-order valence-corrected chi connectivity index (χ2v) is 7.61. The molecule has 12 heteroatoms. The van der Waals surface area contributed by atoms with Gasteiger partial charge < -0.3 is 19.1 Å². The second kappa shape index (κ2) is 6.44. The van der Waals surface area contributed by atoms with Gasteiger partial charge in [0.15, 0.2) is 5.82 Å². The fourth-order valence-corrected chi connectivity index (χ4v) is 4.36. The van der Waals surface area contributed by atoms with Gasteiger partial charge in [0.25, 0.3) is 5.56 Å². The normalized spacial score (nSPS) is 26.3. The highest BCUT2D eigenvalue weighted by Crippen LogP contribution is 2.36. The van der Waals surface area contributed by atoms with Crippen molar-refractivity contribution in [3.05, 3.63) is 28.1 Å². The lowest BCUT2D eigenvalue weighted by molar-refractivity contribution is -0.153. The first kappa shape index (κ1) is 18.4. The molecule has 0 N–H and O–H groups in total. The van der Waals surface area contributed by atoms with Crippen LogP contribution in [0.1, 0.15) is 24.6 Å². The molecule has 2 aromatic heterocycles. The van der Waals surface area contributed by atoms with E-state index in [1.165, 1.54) is 10.6 Å². The third kappa shape index (κ3) is 3.15. The molecule has 0 aromatic carbocycles. The Bertz CT molecular complexity index is 990. The average Bonchev–Trinajstić information content (AvgIpc) is 3.38. The average molecular weight is 412 g/mol. The van der Waals surface area contributed by atoms with Crippen LogP contribution in [0.15, 0.2) is 15.4 Å². The van der Waals surface area contributed by atoms with E-state index in [4.69, 9.17) is 9.26 Å². The Hall–Kier alpha value is -2.63. The largest absolute Gasteiger partial charge is 0.408 e. The minimum atomic E-state index is -4.49. The van der Waals surface area contributed by atoms with Gasteiger partial charge in [-0.15, -0.1) is 0 Å². The molecule has 0 spiro atoms. The molecule has 3 aliphatic heterocycles. The highest BCUT2D eigenvalue weighted by molar-refractivity contribution is 5.49. The predicted molar refractivity (Wildman–Crippen MR) is 93.7 cm³/mol. The molecule has 5 heterocycles. The number of morpholine rings is 1. The monoisotopic (exact) mass is 412 g/mol. The Morgan fingerprint density at radius 1 is 1.31 bits per heavy atom. The lowest BCUT2D eigenvalue weighted by Gasteiger charge is -2.39. The molecule has 2 saturated heterocycles. The number of fused-ring (bicyclic) bond motifs is 3. The number of nitrogens with zero attached hydrogens (tertiary/aromatic N) is 6. The van der Waals surface area contributed by atoms with Gasteiger partial charge in [0.05, 0.1) is 25.3 Å². The molecule has 29 heavy (non-hydrogen) atoms. The van der Waals surface area contributed by atoms with Crippen LogP contribution < -0.4 is 15.4 Å². The van der Waals surface area contributed by atoms with Crippen molar-refractivity contribution >= 4 is 11.8 Å². The summed E-state index contributed by atoms with van der Waals surface area (Å²) < 4.78 is 53.1. The Balaban J connectivity index is 1.57. The maximum Gasteiger partial charge on any atom is 0.408 e. The van der Waals surface area contributed by atoms with Gasteiger partial charge in [-0.25, -0.2) is 0 Å². The maximum absolute atomic E-state index is 13.8. The molecule has 0 amide bonds. The third-order valence-corrected chi connectivity index (χ3v) is 5.69. The SMILES string of the molecule is Cc1nc(CN2c3nc(N4C[C@@H]5C[C@H]4CO5)cc(=O)n3CC[C@H]2C(F)(F)F)no1. The van der Waals surface area contributed by atoms with Crippen LogP contribution in [0.2, 0.25) is 0 Å². The zero-order valence-electron chi connectivity index (χ0n) is 15.6. The fourth-order valence-electron chi connectivity index (χ4n) is 4.36. The molecule has 156 valence electrons. The van der Waals surface area contributed by atoms with E-state index in [9.17, 15) is 18.0 Å². The molecule has 0 aliphatic carbocycles. The van der Waals surface area contributed by atoms with Gasteiger partial charge in [0.2, 0.25) is 11.8 Å². The Morgan fingerprint density at radius 3 is 2.76 bits per heavy atom. The third-order valence-electron chi connectivity index (χ3n) is 5.69.